The molecule has 4 aromatic rings. The zero-order valence-electron chi connectivity index (χ0n) is 27.6. The van der Waals surface area contributed by atoms with Crippen LogP contribution in [0.5, 0.6) is 5.75 Å². The molecule has 0 radical (unpaired) electrons. The van der Waals surface area contributed by atoms with E-state index < -0.39 is 34.1 Å². The molecule has 0 unspecified atom stereocenters. The predicted molar refractivity (Wildman–Crippen MR) is 189 cm³/mol. The third-order valence-corrected chi connectivity index (χ3v) is 9.86. The first-order valence-electron chi connectivity index (χ1n) is 15.5. The lowest BCUT2D eigenvalue weighted by molar-refractivity contribution is -0.140. The Morgan fingerprint density at radius 3 is 1.94 bits per heavy atom. The number of benzene rings is 4. The summed E-state index contributed by atoms with van der Waals surface area (Å²) in [6.45, 7) is 7.55. The zero-order valence-corrected chi connectivity index (χ0v) is 29.2. The van der Waals surface area contributed by atoms with Crippen LogP contribution < -0.4 is 14.4 Å². The summed E-state index contributed by atoms with van der Waals surface area (Å²) in [6.07, 6.45) is 2.16. The van der Waals surface area contributed by atoms with E-state index >= 15 is 0 Å². The molecule has 4 rings (SSSR count). The number of hydrogen-bond acceptors (Lipinski definition) is 6. The molecule has 0 heterocycles. The van der Waals surface area contributed by atoms with Crippen molar-refractivity contribution in [2.45, 2.75) is 62.0 Å². The van der Waals surface area contributed by atoms with Crippen LogP contribution in [-0.4, -0.2) is 56.1 Å². The molecule has 1 atom stereocenters. The van der Waals surface area contributed by atoms with Crippen LogP contribution in [0.2, 0.25) is 0 Å². The van der Waals surface area contributed by atoms with Gasteiger partial charge in [0.15, 0.2) is 0 Å². The summed E-state index contributed by atoms with van der Waals surface area (Å²) in [5, 5.41) is 3.05. The number of rotatable bonds is 14. The van der Waals surface area contributed by atoms with E-state index in [4.69, 9.17) is 4.74 Å². The first-order chi connectivity index (χ1) is 22.4. The average molecular weight is 674 g/mol. The standard InChI is InChI=1S/C37H43N3O5S2/c1-6-45-31-19-17-30(18-20-31)40(47(43,44)33-23-21-32(46-5)22-24-33)27-35(41)39(26-29-15-11-8-12-16-29)34(36(42)38-37(2,3)4)25-28-13-9-7-10-14-28/h7-24,34H,6,25-27H2,1-5H3,(H,38,42)/t34-/m1/s1. The van der Waals surface area contributed by atoms with Gasteiger partial charge in [-0.05, 0) is 93.6 Å². The third-order valence-electron chi connectivity index (χ3n) is 7.33. The largest absolute Gasteiger partial charge is 0.494 e. The van der Waals surface area contributed by atoms with Gasteiger partial charge in [-0.1, -0.05) is 60.7 Å². The maximum Gasteiger partial charge on any atom is 0.264 e. The van der Waals surface area contributed by atoms with Crippen LogP contribution in [-0.2, 0) is 32.6 Å². The molecule has 47 heavy (non-hydrogen) atoms. The Morgan fingerprint density at radius 1 is 0.830 bits per heavy atom. The van der Waals surface area contributed by atoms with Crippen molar-refractivity contribution in [3.8, 4) is 5.75 Å². The summed E-state index contributed by atoms with van der Waals surface area (Å²) < 4.78 is 35.3. The van der Waals surface area contributed by atoms with Crippen LogP contribution in [0.15, 0.2) is 119 Å². The van der Waals surface area contributed by atoms with E-state index in [0.717, 1.165) is 20.3 Å². The molecule has 4 aromatic carbocycles. The predicted octanol–water partition coefficient (Wildman–Crippen LogP) is 6.56. The van der Waals surface area contributed by atoms with Gasteiger partial charge in [-0.15, -0.1) is 11.8 Å². The molecule has 0 saturated heterocycles. The maximum atomic E-state index is 14.6. The van der Waals surface area contributed by atoms with Gasteiger partial charge in [0.25, 0.3) is 10.0 Å². The smallest absolute Gasteiger partial charge is 0.264 e. The molecule has 0 aliphatic rings. The average Bonchev–Trinajstić information content (AvgIpc) is 3.06. The summed E-state index contributed by atoms with van der Waals surface area (Å²) in [5.41, 5.74) is 1.42. The highest BCUT2D eigenvalue weighted by atomic mass is 32.2. The van der Waals surface area contributed by atoms with Crippen molar-refractivity contribution in [2.24, 2.45) is 0 Å². The number of amides is 2. The van der Waals surface area contributed by atoms with Crippen LogP contribution in [0.3, 0.4) is 0 Å². The molecule has 0 fully saturated rings. The van der Waals surface area contributed by atoms with Gasteiger partial charge in [0, 0.05) is 23.4 Å². The molecule has 0 saturated carbocycles. The topological polar surface area (TPSA) is 96.0 Å². The number of sulfonamides is 1. The Hall–Kier alpha value is -4.28. The van der Waals surface area contributed by atoms with Gasteiger partial charge in [-0.3, -0.25) is 13.9 Å². The minimum Gasteiger partial charge on any atom is -0.494 e. The van der Waals surface area contributed by atoms with Gasteiger partial charge < -0.3 is 15.0 Å². The number of carbonyl (C=O) groups excluding carboxylic acids is 2. The zero-order chi connectivity index (χ0) is 34.0. The number of carbonyl (C=O) groups is 2. The van der Waals surface area contributed by atoms with Crippen molar-refractivity contribution in [1.82, 2.24) is 10.2 Å². The van der Waals surface area contributed by atoms with Crippen molar-refractivity contribution in [3.63, 3.8) is 0 Å². The van der Waals surface area contributed by atoms with Crippen molar-refractivity contribution >= 4 is 39.3 Å². The minimum absolute atomic E-state index is 0.0536. The maximum absolute atomic E-state index is 14.6. The second kappa shape index (κ2) is 16.0. The number of nitrogens with zero attached hydrogens (tertiary/aromatic N) is 2. The van der Waals surface area contributed by atoms with Crippen LogP contribution in [0, 0.1) is 0 Å². The number of nitrogens with one attached hydrogen (secondary N) is 1. The molecule has 1 N–H and O–H groups in total. The molecule has 0 aliphatic heterocycles. The minimum atomic E-state index is -4.20. The fourth-order valence-electron chi connectivity index (χ4n) is 5.07. The van der Waals surface area contributed by atoms with Crippen molar-refractivity contribution in [3.05, 3.63) is 120 Å². The van der Waals surface area contributed by atoms with Gasteiger partial charge in [-0.25, -0.2) is 8.42 Å². The third kappa shape index (κ3) is 9.86. The Balaban J connectivity index is 1.80. The summed E-state index contributed by atoms with van der Waals surface area (Å²) in [4.78, 5) is 31.0. The molecular weight excluding hydrogens is 631 g/mol. The Bertz CT molecular complexity index is 1710. The molecule has 248 valence electrons. The van der Waals surface area contributed by atoms with Gasteiger partial charge in [0.1, 0.15) is 18.3 Å². The Morgan fingerprint density at radius 2 is 1.40 bits per heavy atom. The highest BCUT2D eigenvalue weighted by Crippen LogP contribution is 2.28. The Kier molecular flexibility index (Phi) is 12.1. The molecule has 8 nitrogen and oxygen atoms in total. The van der Waals surface area contributed by atoms with E-state index in [2.05, 4.69) is 5.32 Å². The number of thioether (sulfide) groups is 1. The van der Waals surface area contributed by atoms with E-state index in [1.54, 1.807) is 48.5 Å². The van der Waals surface area contributed by atoms with Crippen LogP contribution in [0.4, 0.5) is 5.69 Å². The van der Waals surface area contributed by atoms with E-state index in [-0.39, 0.29) is 23.8 Å². The summed E-state index contributed by atoms with van der Waals surface area (Å²) in [7, 11) is -4.20. The van der Waals surface area contributed by atoms with Crippen LogP contribution in [0.1, 0.15) is 38.8 Å². The fourth-order valence-corrected chi connectivity index (χ4v) is 6.89. The SMILES string of the molecule is CCOc1ccc(N(CC(=O)N(Cc2ccccc2)[C@H](Cc2ccccc2)C(=O)NC(C)(C)C)S(=O)(=O)c2ccc(SC)cc2)cc1. The first-order valence-corrected chi connectivity index (χ1v) is 18.2. The van der Waals surface area contributed by atoms with E-state index in [9.17, 15) is 18.0 Å². The molecule has 0 aliphatic carbocycles. The molecule has 0 aromatic heterocycles. The normalized spacial score (nSPS) is 12.2. The van der Waals surface area contributed by atoms with Gasteiger partial charge in [-0.2, -0.15) is 0 Å². The van der Waals surface area contributed by atoms with E-state index in [1.165, 1.54) is 16.7 Å². The molecule has 0 spiro atoms. The van der Waals surface area contributed by atoms with E-state index in [1.807, 2.05) is 94.6 Å². The summed E-state index contributed by atoms with van der Waals surface area (Å²) >= 11 is 1.50. The number of anilines is 1. The van der Waals surface area contributed by atoms with Gasteiger partial charge in [0.2, 0.25) is 11.8 Å². The van der Waals surface area contributed by atoms with E-state index in [0.29, 0.717) is 18.0 Å². The summed E-state index contributed by atoms with van der Waals surface area (Å²) in [5.74, 6) is -0.262. The highest BCUT2D eigenvalue weighted by molar-refractivity contribution is 7.98. The molecule has 2 amide bonds. The fraction of sp³-hybridized carbons (Fsp3) is 0.297. The number of ether oxygens (including phenoxy) is 1. The lowest BCUT2D eigenvalue weighted by Gasteiger charge is -2.35. The quantitative estimate of drug-likeness (QED) is 0.153. The second-order valence-electron chi connectivity index (χ2n) is 12.1. The lowest BCUT2D eigenvalue weighted by Crippen LogP contribution is -2.56. The molecular formula is C37H43N3O5S2. The first kappa shape index (κ1) is 35.6. The van der Waals surface area contributed by atoms with Gasteiger partial charge >= 0.3 is 0 Å². The lowest BCUT2D eigenvalue weighted by atomic mass is 10.0. The van der Waals surface area contributed by atoms with Crippen molar-refractivity contribution < 1.29 is 22.7 Å². The summed E-state index contributed by atoms with van der Waals surface area (Å²) in [6, 6.07) is 31.2. The number of hydrogen-bond donors (Lipinski definition) is 1. The van der Waals surface area contributed by atoms with Gasteiger partial charge in [0.05, 0.1) is 17.2 Å². The van der Waals surface area contributed by atoms with Crippen molar-refractivity contribution in [2.75, 3.05) is 23.7 Å². The van der Waals surface area contributed by atoms with Crippen molar-refractivity contribution in [1.29, 1.82) is 0 Å². The second-order valence-corrected chi connectivity index (χ2v) is 14.8. The monoisotopic (exact) mass is 673 g/mol. The van der Waals surface area contributed by atoms with Crippen LogP contribution >= 0.6 is 11.8 Å². The van der Waals surface area contributed by atoms with Crippen LogP contribution in [0.25, 0.3) is 0 Å². The molecule has 0 bridgehead atoms. The highest BCUT2D eigenvalue weighted by Gasteiger charge is 2.35. The molecule has 10 heteroatoms. The Labute approximate surface area is 283 Å².